The molecule has 0 fully saturated rings. The van der Waals surface area contributed by atoms with Gasteiger partial charge in [0.2, 0.25) is 5.91 Å². The molecule has 1 amide bonds. The molecule has 0 radical (unpaired) electrons. The summed E-state index contributed by atoms with van der Waals surface area (Å²) in [5, 5.41) is 11.9. The Labute approximate surface area is 107 Å². The van der Waals surface area contributed by atoms with Crippen molar-refractivity contribution >= 4 is 11.9 Å². The molecule has 0 saturated heterocycles. The lowest BCUT2D eigenvalue weighted by molar-refractivity contribution is -0.121. The maximum Gasteiger partial charge on any atom is 0.335 e. The van der Waals surface area contributed by atoms with Crippen LogP contribution in [-0.2, 0) is 11.2 Å². The summed E-state index contributed by atoms with van der Waals surface area (Å²) >= 11 is 0. The minimum Gasteiger partial charge on any atom is -0.478 e. The van der Waals surface area contributed by atoms with Gasteiger partial charge in [0.15, 0.2) is 0 Å². The Hall–Kier alpha value is -1.84. The fourth-order valence-electron chi connectivity index (χ4n) is 1.89. The predicted molar refractivity (Wildman–Crippen MR) is 69.6 cm³/mol. The standard InChI is InChI=1S/C14H19NO3/c1-3-6-10(2)15-13(16)9-11-7-4-5-8-12(11)14(17)18/h4-5,7-8,10H,3,6,9H2,1-2H3,(H,15,16)(H,17,18). The summed E-state index contributed by atoms with van der Waals surface area (Å²) in [6.45, 7) is 4.01. The Morgan fingerprint density at radius 2 is 2.00 bits per heavy atom. The summed E-state index contributed by atoms with van der Waals surface area (Å²) in [6.07, 6.45) is 2.04. The average Bonchev–Trinajstić information content (AvgIpc) is 2.29. The summed E-state index contributed by atoms with van der Waals surface area (Å²) in [6, 6.07) is 6.71. The lowest BCUT2D eigenvalue weighted by Gasteiger charge is -2.13. The van der Waals surface area contributed by atoms with Crippen LogP contribution in [0.1, 0.15) is 42.6 Å². The molecule has 0 aromatic heterocycles. The lowest BCUT2D eigenvalue weighted by atomic mass is 10.0. The van der Waals surface area contributed by atoms with E-state index in [0.717, 1.165) is 12.8 Å². The number of hydrogen-bond donors (Lipinski definition) is 2. The van der Waals surface area contributed by atoms with Crippen LogP contribution in [0.5, 0.6) is 0 Å². The third kappa shape index (κ3) is 4.20. The molecule has 0 heterocycles. The molecule has 0 saturated carbocycles. The number of benzene rings is 1. The van der Waals surface area contributed by atoms with Crippen LogP contribution in [0.2, 0.25) is 0 Å². The van der Waals surface area contributed by atoms with E-state index in [-0.39, 0.29) is 23.9 Å². The zero-order chi connectivity index (χ0) is 13.5. The average molecular weight is 249 g/mol. The van der Waals surface area contributed by atoms with Gasteiger partial charge in [0, 0.05) is 6.04 Å². The summed E-state index contributed by atoms with van der Waals surface area (Å²) < 4.78 is 0. The predicted octanol–water partition coefficient (Wildman–Crippen LogP) is 2.23. The Morgan fingerprint density at radius 1 is 1.33 bits per heavy atom. The molecule has 1 rings (SSSR count). The van der Waals surface area contributed by atoms with Crippen LogP contribution in [0.4, 0.5) is 0 Å². The molecule has 1 unspecified atom stereocenters. The van der Waals surface area contributed by atoms with E-state index >= 15 is 0 Å². The number of hydrogen-bond acceptors (Lipinski definition) is 2. The molecule has 0 aliphatic heterocycles. The monoisotopic (exact) mass is 249 g/mol. The smallest absolute Gasteiger partial charge is 0.335 e. The number of carboxylic acids is 1. The molecule has 1 aromatic rings. The van der Waals surface area contributed by atoms with Gasteiger partial charge >= 0.3 is 5.97 Å². The van der Waals surface area contributed by atoms with E-state index < -0.39 is 5.97 Å². The van der Waals surface area contributed by atoms with Crippen molar-refractivity contribution in [3.63, 3.8) is 0 Å². The summed E-state index contributed by atoms with van der Waals surface area (Å²) in [5.41, 5.74) is 0.738. The van der Waals surface area contributed by atoms with E-state index in [1.165, 1.54) is 6.07 Å². The Bertz CT molecular complexity index is 429. The van der Waals surface area contributed by atoms with Crippen molar-refractivity contribution < 1.29 is 14.7 Å². The molecule has 18 heavy (non-hydrogen) atoms. The first kappa shape index (κ1) is 14.2. The van der Waals surface area contributed by atoms with Gasteiger partial charge in [-0.1, -0.05) is 31.5 Å². The van der Waals surface area contributed by atoms with E-state index in [1.807, 2.05) is 6.92 Å². The molecule has 4 heteroatoms. The molecular weight excluding hydrogens is 230 g/mol. The van der Waals surface area contributed by atoms with Crippen LogP contribution >= 0.6 is 0 Å². The normalized spacial score (nSPS) is 11.9. The molecule has 0 bridgehead atoms. The number of aromatic carboxylic acids is 1. The maximum absolute atomic E-state index is 11.8. The molecule has 1 atom stereocenters. The topological polar surface area (TPSA) is 66.4 Å². The van der Waals surface area contributed by atoms with Gasteiger partial charge in [-0.25, -0.2) is 4.79 Å². The van der Waals surface area contributed by atoms with Gasteiger partial charge in [-0.2, -0.15) is 0 Å². The summed E-state index contributed by atoms with van der Waals surface area (Å²) in [7, 11) is 0. The van der Waals surface area contributed by atoms with E-state index in [2.05, 4.69) is 12.2 Å². The second-order valence-corrected chi connectivity index (χ2v) is 4.40. The molecule has 1 aromatic carbocycles. The first-order chi connectivity index (χ1) is 8.54. The number of amides is 1. The number of rotatable bonds is 6. The van der Waals surface area contributed by atoms with Crippen LogP contribution in [-0.4, -0.2) is 23.0 Å². The quantitative estimate of drug-likeness (QED) is 0.812. The Balaban J connectivity index is 2.67. The van der Waals surface area contributed by atoms with Crippen molar-refractivity contribution in [2.45, 2.75) is 39.2 Å². The highest BCUT2D eigenvalue weighted by atomic mass is 16.4. The molecule has 0 spiro atoms. The minimum absolute atomic E-state index is 0.108. The van der Waals surface area contributed by atoms with Gasteiger partial charge in [-0.3, -0.25) is 4.79 Å². The van der Waals surface area contributed by atoms with Crippen LogP contribution in [0.15, 0.2) is 24.3 Å². The lowest BCUT2D eigenvalue weighted by Crippen LogP contribution is -2.33. The number of carbonyl (C=O) groups excluding carboxylic acids is 1. The van der Waals surface area contributed by atoms with E-state index in [0.29, 0.717) is 5.56 Å². The van der Waals surface area contributed by atoms with Gasteiger partial charge in [-0.15, -0.1) is 0 Å². The van der Waals surface area contributed by atoms with E-state index in [9.17, 15) is 9.59 Å². The largest absolute Gasteiger partial charge is 0.478 e. The highest BCUT2D eigenvalue weighted by molar-refractivity contribution is 5.91. The SMILES string of the molecule is CCCC(C)NC(=O)Cc1ccccc1C(=O)O. The molecule has 4 nitrogen and oxygen atoms in total. The molecule has 0 aliphatic carbocycles. The van der Waals surface area contributed by atoms with E-state index in [1.54, 1.807) is 18.2 Å². The van der Waals surface area contributed by atoms with Crippen LogP contribution in [0.3, 0.4) is 0 Å². The first-order valence-corrected chi connectivity index (χ1v) is 6.15. The van der Waals surface area contributed by atoms with Crippen molar-refractivity contribution in [3.05, 3.63) is 35.4 Å². The number of carbonyl (C=O) groups is 2. The van der Waals surface area contributed by atoms with Crippen LogP contribution < -0.4 is 5.32 Å². The minimum atomic E-state index is -1.000. The van der Waals surface area contributed by atoms with Crippen molar-refractivity contribution in [1.82, 2.24) is 5.32 Å². The second-order valence-electron chi connectivity index (χ2n) is 4.40. The number of carboxylic acid groups (broad SMARTS) is 1. The fraction of sp³-hybridized carbons (Fsp3) is 0.429. The summed E-state index contributed by atoms with van der Waals surface area (Å²) in [5.74, 6) is -1.13. The third-order valence-corrected chi connectivity index (χ3v) is 2.73. The van der Waals surface area contributed by atoms with Gasteiger partial charge in [0.05, 0.1) is 12.0 Å². The first-order valence-electron chi connectivity index (χ1n) is 6.15. The van der Waals surface area contributed by atoms with Gasteiger partial charge in [0.25, 0.3) is 0 Å². The van der Waals surface area contributed by atoms with Gasteiger partial charge in [-0.05, 0) is 25.0 Å². The number of nitrogens with one attached hydrogen (secondary N) is 1. The van der Waals surface area contributed by atoms with Crippen LogP contribution in [0.25, 0.3) is 0 Å². The van der Waals surface area contributed by atoms with Gasteiger partial charge in [0.1, 0.15) is 0 Å². The highest BCUT2D eigenvalue weighted by Crippen LogP contribution is 2.09. The Morgan fingerprint density at radius 3 is 2.61 bits per heavy atom. The van der Waals surface area contributed by atoms with Crippen molar-refractivity contribution in [3.8, 4) is 0 Å². The zero-order valence-corrected chi connectivity index (χ0v) is 10.8. The highest BCUT2D eigenvalue weighted by Gasteiger charge is 2.13. The maximum atomic E-state index is 11.8. The third-order valence-electron chi connectivity index (χ3n) is 2.73. The zero-order valence-electron chi connectivity index (χ0n) is 10.8. The van der Waals surface area contributed by atoms with Crippen molar-refractivity contribution in [2.24, 2.45) is 0 Å². The molecular formula is C14H19NO3. The molecule has 0 aliphatic rings. The Kier molecular flexibility index (Phi) is 5.36. The summed E-state index contributed by atoms with van der Waals surface area (Å²) in [4.78, 5) is 22.8. The second kappa shape index (κ2) is 6.79. The van der Waals surface area contributed by atoms with Crippen LogP contribution in [0, 0.1) is 0 Å². The van der Waals surface area contributed by atoms with Crippen molar-refractivity contribution in [1.29, 1.82) is 0 Å². The van der Waals surface area contributed by atoms with E-state index in [4.69, 9.17) is 5.11 Å². The molecule has 2 N–H and O–H groups in total. The molecule has 98 valence electrons. The fourth-order valence-corrected chi connectivity index (χ4v) is 1.89. The van der Waals surface area contributed by atoms with Gasteiger partial charge < -0.3 is 10.4 Å². The van der Waals surface area contributed by atoms with Crippen molar-refractivity contribution in [2.75, 3.05) is 0 Å².